The summed E-state index contributed by atoms with van der Waals surface area (Å²) in [6.45, 7) is 2.16. The number of hydrogen-bond acceptors (Lipinski definition) is 3. The van der Waals surface area contributed by atoms with Crippen LogP contribution in [0.3, 0.4) is 0 Å². The number of benzene rings is 2. The van der Waals surface area contributed by atoms with Gasteiger partial charge >= 0.3 is 0 Å². The molecule has 2 aromatic carbocycles. The third-order valence-electron chi connectivity index (χ3n) is 3.29. The van der Waals surface area contributed by atoms with Crippen molar-refractivity contribution in [3.63, 3.8) is 0 Å². The molecule has 6 heteroatoms. The van der Waals surface area contributed by atoms with Gasteiger partial charge in [0.05, 0.1) is 17.1 Å². The van der Waals surface area contributed by atoms with Crippen LogP contribution in [0.5, 0.6) is 5.75 Å². The zero-order valence-electron chi connectivity index (χ0n) is 11.4. The van der Waals surface area contributed by atoms with Gasteiger partial charge in [0.1, 0.15) is 11.9 Å². The zero-order chi connectivity index (χ0) is 15.0. The third kappa shape index (κ3) is 2.65. The Hall–Kier alpha value is -1.53. The second-order valence-electron chi connectivity index (χ2n) is 4.89. The summed E-state index contributed by atoms with van der Waals surface area (Å²) < 4.78 is 33.7. The Kier molecular flexibility index (Phi) is 3.67. The molecule has 3 rings (SSSR count). The molecule has 1 heterocycles. The van der Waals surface area contributed by atoms with Crippen molar-refractivity contribution in [2.45, 2.75) is 17.9 Å². The summed E-state index contributed by atoms with van der Waals surface area (Å²) in [5.41, 5.74) is 0.582. The SMILES string of the molecule is CC1CN(S(=O)(=O)c2ccc(Br)cc2)c2ccccc2O1. The lowest BCUT2D eigenvalue weighted by Gasteiger charge is -2.34. The Morgan fingerprint density at radius 3 is 2.52 bits per heavy atom. The number of hydrogen-bond donors (Lipinski definition) is 0. The molecule has 0 saturated heterocycles. The number of fused-ring (bicyclic) bond motifs is 1. The molecule has 2 aromatic rings. The zero-order valence-corrected chi connectivity index (χ0v) is 13.8. The van der Waals surface area contributed by atoms with E-state index >= 15 is 0 Å². The number of anilines is 1. The lowest BCUT2D eigenvalue weighted by Crippen LogP contribution is -2.42. The molecule has 1 aliphatic rings. The van der Waals surface area contributed by atoms with Crippen LogP contribution >= 0.6 is 15.9 Å². The number of ether oxygens (including phenoxy) is 1. The van der Waals surface area contributed by atoms with Crippen LogP contribution in [-0.2, 0) is 10.0 Å². The smallest absolute Gasteiger partial charge is 0.264 e. The Morgan fingerprint density at radius 1 is 1.14 bits per heavy atom. The minimum absolute atomic E-state index is 0.190. The van der Waals surface area contributed by atoms with E-state index in [4.69, 9.17) is 4.74 Å². The van der Waals surface area contributed by atoms with Gasteiger partial charge in [-0.2, -0.15) is 0 Å². The van der Waals surface area contributed by atoms with Gasteiger partial charge in [-0.15, -0.1) is 0 Å². The van der Waals surface area contributed by atoms with Gasteiger partial charge < -0.3 is 4.74 Å². The number of para-hydroxylation sites is 2. The van der Waals surface area contributed by atoms with Gasteiger partial charge in [0, 0.05) is 4.47 Å². The van der Waals surface area contributed by atoms with Crippen molar-refractivity contribution < 1.29 is 13.2 Å². The fourth-order valence-corrected chi connectivity index (χ4v) is 4.12. The highest BCUT2D eigenvalue weighted by molar-refractivity contribution is 9.10. The maximum absolute atomic E-state index is 12.9. The number of halogens is 1. The highest BCUT2D eigenvalue weighted by atomic mass is 79.9. The molecule has 0 fully saturated rings. The molecule has 110 valence electrons. The first-order valence-electron chi connectivity index (χ1n) is 6.52. The molecule has 0 radical (unpaired) electrons. The van der Waals surface area contributed by atoms with E-state index in [1.165, 1.54) is 4.31 Å². The summed E-state index contributed by atoms with van der Waals surface area (Å²) in [6, 6.07) is 13.8. The first-order chi connectivity index (χ1) is 9.98. The molecular formula is C15H14BrNO3S. The van der Waals surface area contributed by atoms with Crippen LogP contribution in [0.4, 0.5) is 5.69 Å². The van der Waals surface area contributed by atoms with Gasteiger partial charge in [-0.1, -0.05) is 28.1 Å². The van der Waals surface area contributed by atoms with Gasteiger partial charge in [-0.3, -0.25) is 4.31 Å². The van der Waals surface area contributed by atoms with Crippen LogP contribution in [0, 0.1) is 0 Å². The van der Waals surface area contributed by atoms with Crippen LogP contribution in [0.2, 0.25) is 0 Å². The summed E-state index contributed by atoms with van der Waals surface area (Å²) in [5, 5.41) is 0. The van der Waals surface area contributed by atoms with Crippen LogP contribution in [-0.4, -0.2) is 21.1 Å². The van der Waals surface area contributed by atoms with Crippen LogP contribution in [0.15, 0.2) is 57.9 Å². The highest BCUT2D eigenvalue weighted by Crippen LogP contribution is 2.36. The predicted molar refractivity (Wildman–Crippen MR) is 85.2 cm³/mol. The Bertz CT molecular complexity index is 759. The van der Waals surface area contributed by atoms with Crippen molar-refractivity contribution in [3.05, 3.63) is 53.0 Å². The standard InChI is InChI=1S/C15H14BrNO3S/c1-11-10-17(14-4-2-3-5-15(14)20-11)21(18,19)13-8-6-12(16)7-9-13/h2-9,11H,10H2,1H3. The van der Waals surface area contributed by atoms with Crippen molar-refractivity contribution in [2.75, 3.05) is 10.8 Å². The van der Waals surface area contributed by atoms with Crippen molar-refractivity contribution >= 4 is 31.6 Å². The van der Waals surface area contributed by atoms with E-state index in [0.717, 1.165) is 4.47 Å². The summed E-state index contributed by atoms with van der Waals surface area (Å²) in [4.78, 5) is 0.273. The molecule has 0 aromatic heterocycles. The lowest BCUT2D eigenvalue weighted by molar-refractivity contribution is 0.219. The van der Waals surface area contributed by atoms with Crippen LogP contribution < -0.4 is 9.04 Å². The number of rotatable bonds is 2. The highest BCUT2D eigenvalue weighted by Gasteiger charge is 2.32. The first kappa shape index (κ1) is 14.4. The number of nitrogens with zero attached hydrogens (tertiary/aromatic N) is 1. The molecule has 0 bridgehead atoms. The normalized spacial score (nSPS) is 18.0. The molecule has 0 N–H and O–H groups in total. The van der Waals surface area contributed by atoms with Crippen LogP contribution in [0.25, 0.3) is 0 Å². The van der Waals surface area contributed by atoms with Gasteiger partial charge in [0.25, 0.3) is 10.0 Å². The Morgan fingerprint density at radius 2 is 1.81 bits per heavy atom. The van der Waals surface area contributed by atoms with Crippen molar-refractivity contribution in [1.82, 2.24) is 0 Å². The minimum atomic E-state index is -3.59. The minimum Gasteiger partial charge on any atom is -0.487 e. The maximum Gasteiger partial charge on any atom is 0.264 e. The monoisotopic (exact) mass is 367 g/mol. The van der Waals surface area contributed by atoms with Gasteiger partial charge in [0.2, 0.25) is 0 Å². The van der Waals surface area contributed by atoms with E-state index in [-0.39, 0.29) is 11.0 Å². The van der Waals surface area contributed by atoms with E-state index in [1.807, 2.05) is 19.1 Å². The van der Waals surface area contributed by atoms with Crippen molar-refractivity contribution in [2.24, 2.45) is 0 Å². The Labute approximate surface area is 132 Å². The maximum atomic E-state index is 12.9. The van der Waals surface area contributed by atoms with E-state index in [9.17, 15) is 8.42 Å². The molecule has 4 nitrogen and oxygen atoms in total. The first-order valence-corrected chi connectivity index (χ1v) is 8.76. The van der Waals surface area contributed by atoms with E-state index < -0.39 is 10.0 Å². The van der Waals surface area contributed by atoms with Gasteiger partial charge in [0.15, 0.2) is 0 Å². The molecule has 0 saturated carbocycles. The summed E-state index contributed by atoms with van der Waals surface area (Å²) >= 11 is 3.32. The molecular weight excluding hydrogens is 354 g/mol. The summed E-state index contributed by atoms with van der Waals surface area (Å²) in [7, 11) is -3.59. The second kappa shape index (κ2) is 5.35. The van der Waals surface area contributed by atoms with Crippen molar-refractivity contribution in [1.29, 1.82) is 0 Å². The largest absolute Gasteiger partial charge is 0.487 e. The van der Waals surface area contributed by atoms with Gasteiger partial charge in [-0.25, -0.2) is 8.42 Å². The second-order valence-corrected chi connectivity index (χ2v) is 7.66. The van der Waals surface area contributed by atoms with E-state index in [1.54, 1.807) is 36.4 Å². The van der Waals surface area contributed by atoms with Gasteiger partial charge in [-0.05, 0) is 43.3 Å². The summed E-state index contributed by atoms with van der Waals surface area (Å²) in [5.74, 6) is 0.594. The third-order valence-corrected chi connectivity index (χ3v) is 5.61. The summed E-state index contributed by atoms with van der Waals surface area (Å²) in [6.07, 6.45) is -0.190. The topological polar surface area (TPSA) is 46.6 Å². The number of sulfonamides is 1. The average molecular weight is 368 g/mol. The van der Waals surface area contributed by atoms with Crippen molar-refractivity contribution in [3.8, 4) is 5.75 Å². The van der Waals surface area contributed by atoms with Crippen LogP contribution in [0.1, 0.15) is 6.92 Å². The van der Waals surface area contributed by atoms with E-state index in [2.05, 4.69) is 15.9 Å². The molecule has 21 heavy (non-hydrogen) atoms. The average Bonchev–Trinajstić information content (AvgIpc) is 2.46. The lowest BCUT2D eigenvalue weighted by atomic mass is 10.2. The van der Waals surface area contributed by atoms with E-state index in [0.29, 0.717) is 18.0 Å². The Balaban J connectivity index is 2.09. The molecule has 0 aliphatic carbocycles. The fraction of sp³-hybridized carbons (Fsp3) is 0.200. The fourth-order valence-electron chi connectivity index (χ4n) is 2.31. The molecule has 0 spiro atoms. The molecule has 1 unspecified atom stereocenters. The molecule has 1 aliphatic heterocycles. The molecule has 0 amide bonds. The quantitative estimate of drug-likeness (QED) is 0.816. The molecule has 1 atom stereocenters. The predicted octanol–water partition coefficient (Wildman–Crippen LogP) is 3.43.